The predicted molar refractivity (Wildman–Crippen MR) is 94.3 cm³/mol. The van der Waals surface area contributed by atoms with E-state index < -0.39 is 0 Å². The summed E-state index contributed by atoms with van der Waals surface area (Å²) in [5.41, 5.74) is 1.75. The van der Waals surface area contributed by atoms with Crippen LogP contribution in [0.1, 0.15) is 19.5 Å². The highest BCUT2D eigenvalue weighted by molar-refractivity contribution is 7.99. The zero-order valence-electron chi connectivity index (χ0n) is 13.4. The summed E-state index contributed by atoms with van der Waals surface area (Å²) < 4.78 is 0. The molecule has 0 aliphatic rings. The Kier molecular flexibility index (Phi) is 6.14. The normalized spacial score (nSPS) is 10.2. The second-order valence-electron chi connectivity index (χ2n) is 4.99. The average Bonchev–Trinajstić information content (AvgIpc) is 2.54. The maximum Gasteiger partial charge on any atom is 0.251 e. The lowest BCUT2D eigenvalue weighted by molar-refractivity contribution is -0.114. The molecular weight excluding hydrogens is 328 g/mol. The average molecular weight is 346 g/mol. The maximum atomic E-state index is 12.0. The molecule has 0 aliphatic heterocycles. The zero-order chi connectivity index (χ0) is 17.5. The first kappa shape index (κ1) is 17.7. The molecule has 0 spiro atoms. The van der Waals surface area contributed by atoms with Crippen LogP contribution in [0, 0.1) is 0 Å². The van der Waals surface area contributed by atoms with E-state index in [4.69, 9.17) is 0 Å². The van der Waals surface area contributed by atoms with Crippen molar-refractivity contribution in [2.24, 2.45) is 0 Å². The van der Waals surface area contributed by atoms with Gasteiger partial charge >= 0.3 is 0 Å². The number of nitrogens with one attached hydrogen (secondary N) is 3. The largest absolute Gasteiger partial charge is 0.326 e. The molecule has 0 saturated carbocycles. The minimum atomic E-state index is -0.224. The van der Waals surface area contributed by atoms with Crippen molar-refractivity contribution in [2.75, 3.05) is 16.4 Å². The van der Waals surface area contributed by atoms with Crippen LogP contribution in [0.4, 0.5) is 11.4 Å². The molecule has 0 atom stereocenters. The lowest BCUT2D eigenvalue weighted by atomic mass is 10.3. The van der Waals surface area contributed by atoms with Crippen molar-refractivity contribution >= 4 is 35.0 Å². The van der Waals surface area contributed by atoms with Gasteiger partial charge < -0.3 is 15.6 Å². The number of thioether (sulfide) groups is 1. The molecule has 2 amide bonds. The summed E-state index contributed by atoms with van der Waals surface area (Å²) in [7, 11) is 0. The maximum absolute atomic E-state index is 12.0. The molecule has 0 bridgehead atoms. The van der Waals surface area contributed by atoms with E-state index in [-0.39, 0.29) is 23.1 Å². The predicted octanol–water partition coefficient (Wildman–Crippen LogP) is 2.02. The van der Waals surface area contributed by atoms with Gasteiger partial charge in [0.25, 0.3) is 5.56 Å². The van der Waals surface area contributed by atoms with Crippen molar-refractivity contribution in [2.45, 2.75) is 25.4 Å². The Balaban J connectivity index is 1.90. The summed E-state index contributed by atoms with van der Waals surface area (Å²) in [6.07, 6.45) is 0.657. The number of nitrogens with zero attached hydrogens (tertiary/aromatic N) is 1. The fourth-order valence-corrected chi connectivity index (χ4v) is 2.60. The van der Waals surface area contributed by atoms with E-state index >= 15 is 0 Å². The van der Waals surface area contributed by atoms with Crippen molar-refractivity contribution in [1.29, 1.82) is 0 Å². The molecule has 1 aromatic carbocycles. The third kappa shape index (κ3) is 5.54. The van der Waals surface area contributed by atoms with E-state index in [1.165, 1.54) is 24.8 Å². The van der Waals surface area contributed by atoms with Crippen LogP contribution in [0.15, 0.2) is 40.3 Å². The van der Waals surface area contributed by atoms with E-state index in [2.05, 4.69) is 20.6 Å². The molecule has 0 aliphatic carbocycles. The summed E-state index contributed by atoms with van der Waals surface area (Å²) in [4.78, 5) is 41.3. The van der Waals surface area contributed by atoms with Crippen molar-refractivity contribution in [3.8, 4) is 0 Å². The van der Waals surface area contributed by atoms with E-state index in [1.54, 1.807) is 24.3 Å². The monoisotopic (exact) mass is 346 g/mol. The van der Waals surface area contributed by atoms with E-state index in [0.717, 1.165) is 0 Å². The molecule has 0 unspecified atom stereocenters. The van der Waals surface area contributed by atoms with Crippen molar-refractivity contribution in [1.82, 2.24) is 9.97 Å². The fourth-order valence-electron chi connectivity index (χ4n) is 1.90. The Bertz CT molecular complexity index is 787. The number of benzene rings is 1. The van der Waals surface area contributed by atoms with Crippen LogP contribution in [0.2, 0.25) is 0 Å². The Morgan fingerprint density at radius 3 is 2.38 bits per heavy atom. The molecule has 126 valence electrons. The van der Waals surface area contributed by atoms with Crippen LogP contribution in [0.25, 0.3) is 0 Å². The molecular formula is C16H18N4O3S. The molecule has 0 fully saturated rings. The molecule has 8 heteroatoms. The summed E-state index contributed by atoms with van der Waals surface area (Å²) in [5.74, 6) is -0.236. The van der Waals surface area contributed by atoms with Gasteiger partial charge in [0.2, 0.25) is 11.8 Å². The van der Waals surface area contributed by atoms with E-state index in [0.29, 0.717) is 28.6 Å². The highest BCUT2D eigenvalue weighted by Crippen LogP contribution is 2.15. The molecule has 1 aromatic heterocycles. The topological polar surface area (TPSA) is 104 Å². The molecule has 7 nitrogen and oxygen atoms in total. The smallest absolute Gasteiger partial charge is 0.251 e. The first-order valence-corrected chi connectivity index (χ1v) is 8.35. The highest BCUT2D eigenvalue weighted by atomic mass is 32.2. The van der Waals surface area contributed by atoms with Crippen LogP contribution in [-0.2, 0) is 16.0 Å². The van der Waals surface area contributed by atoms with Gasteiger partial charge in [-0.15, -0.1) is 0 Å². The number of aromatic nitrogens is 2. The minimum absolute atomic E-state index is 0.129. The first-order chi connectivity index (χ1) is 11.5. The number of rotatable bonds is 6. The Morgan fingerprint density at radius 2 is 1.79 bits per heavy atom. The van der Waals surface area contributed by atoms with Gasteiger partial charge in [-0.05, 0) is 30.7 Å². The molecule has 24 heavy (non-hydrogen) atoms. The standard InChI is InChI=1S/C16H18N4O3S/c1-3-11-8-14(22)20-16(19-11)24-9-15(23)18-13-6-4-12(5-7-13)17-10(2)21/h4-8H,3,9H2,1-2H3,(H,17,21)(H,18,23)(H,19,20,22). The number of aryl methyl sites for hydroxylation is 1. The van der Waals surface area contributed by atoms with Gasteiger partial charge in [-0.3, -0.25) is 14.4 Å². The zero-order valence-corrected chi connectivity index (χ0v) is 14.2. The van der Waals surface area contributed by atoms with Gasteiger partial charge in [0.05, 0.1) is 5.75 Å². The minimum Gasteiger partial charge on any atom is -0.326 e. The Hall–Kier alpha value is -2.61. The first-order valence-electron chi connectivity index (χ1n) is 7.37. The van der Waals surface area contributed by atoms with Gasteiger partial charge in [0.15, 0.2) is 5.16 Å². The van der Waals surface area contributed by atoms with Crippen LogP contribution < -0.4 is 16.2 Å². The summed E-state index contributed by atoms with van der Waals surface area (Å²) in [5, 5.41) is 5.82. The number of carbonyl (C=O) groups excluding carboxylic acids is 2. The van der Waals surface area contributed by atoms with Crippen LogP contribution in [-0.4, -0.2) is 27.5 Å². The lowest BCUT2D eigenvalue weighted by Crippen LogP contribution is -2.16. The van der Waals surface area contributed by atoms with Gasteiger partial charge in [0, 0.05) is 30.1 Å². The van der Waals surface area contributed by atoms with E-state index in [9.17, 15) is 14.4 Å². The number of aromatic amines is 1. The van der Waals surface area contributed by atoms with Crippen LogP contribution in [0.3, 0.4) is 0 Å². The highest BCUT2D eigenvalue weighted by Gasteiger charge is 2.07. The quantitative estimate of drug-likeness (QED) is 0.548. The molecule has 3 N–H and O–H groups in total. The van der Waals surface area contributed by atoms with Crippen molar-refractivity contribution in [3.05, 3.63) is 46.4 Å². The Morgan fingerprint density at radius 1 is 1.17 bits per heavy atom. The SMILES string of the molecule is CCc1cc(=O)[nH]c(SCC(=O)Nc2ccc(NC(C)=O)cc2)n1. The number of carbonyl (C=O) groups is 2. The molecule has 1 heterocycles. The van der Waals surface area contributed by atoms with E-state index in [1.807, 2.05) is 6.92 Å². The van der Waals surface area contributed by atoms with Gasteiger partial charge in [-0.2, -0.15) is 0 Å². The molecule has 0 radical (unpaired) electrons. The third-order valence-electron chi connectivity index (χ3n) is 2.96. The van der Waals surface area contributed by atoms with Crippen molar-refractivity contribution in [3.63, 3.8) is 0 Å². The Labute approximate surface area is 143 Å². The number of anilines is 2. The molecule has 0 saturated heterocycles. The fraction of sp³-hybridized carbons (Fsp3) is 0.250. The van der Waals surface area contributed by atoms with Crippen molar-refractivity contribution < 1.29 is 9.59 Å². The molecule has 2 aromatic rings. The van der Waals surface area contributed by atoms with Crippen LogP contribution >= 0.6 is 11.8 Å². The number of hydrogen-bond acceptors (Lipinski definition) is 5. The second-order valence-corrected chi connectivity index (χ2v) is 5.95. The summed E-state index contributed by atoms with van der Waals surface area (Å²) in [6, 6.07) is 8.25. The summed E-state index contributed by atoms with van der Waals surface area (Å²) in [6.45, 7) is 3.34. The second kappa shape index (κ2) is 8.30. The number of H-pyrrole nitrogens is 1. The number of hydrogen-bond donors (Lipinski definition) is 3. The van der Waals surface area contributed by atoms with Gasteiger partial charge in [-0.1, -0.05) is 18.7 Å². The third-order valence-corrected chi connectivity index (χ3v) is 3.84. The van der Waals surface area contributed by atoms with Gasteiger partial charge in [-0.25, -0.2) is 4.98 Å². The number of amides is 2. The molecule has 2 rings (SSSR count). The summed E-state index contributed by atoms with van der Waals surface area (Å²) >= 11 is 1.17. The van der Waals surface area contributed by atoms with Gasteiger partial charge in [0.1, 0.15) is 0 Å². The lowest BCUT2D eigenvalue weighted by Gasteiger charge is -2.07. The van der Waals surface area contributed by atoms with Crippen LogP contribution in [0.5, 0.6) is 0 Å².